The number of carbonyl (C=O) groups is 2. The number of ether oxygens (including phenoxy) is 1. The molecular formula is C42H42Cl2FN5O3. The van der Waals surface area contributed by atoms with Crippen molar-refractivity contribution in [2.45, 2.75) is 102 Å². The first kappa shape index (κ1) is 33.7. The molecule has 2 aromatic heterocycles. The fourth-order valence-corrected chi connectivity index (χ4v) is 11.2. The molecule has 2 aromatic carbocycles. The third-order valence-corrected chi connectivity index (χ3v) is 14.0. The summed E-state index contributed by atoms with van der Waals surface area (Å²) in [5.41, 5.74) is 3.67. The lowest BCUT2D eigenvalue weighted by Gasteiger charge is -2.42. The van der Waals surface area contributed by atoms with Crippen LogP contribution in [0, 0.1) is 53.7 Å². The van der Waals surface area contributed by atoms with Gasteiger partial charge in [-0.3, -0.25) is 4.79 Å². The molecule has 7 aliphatic rings. The van der Waals surface area contributed by atoms with Gasteiger partial charge in [0.1, 0.15) is 11.1 Å². The summed E-state index contributed by atoms with van der Waals surface area (Å²) in [5.74, 6) is 1.64. The SMILES string of the molecule is Cc1nc2c(F)c(-c3cccc(Cl)c3Cl)c(CCC#N)cc2c2c1cc([C@H]1[C@H]3C[C@H]([C@@H]4C[C@@H]43)N1C(=O)C1CC1)n2[C@H]1[C@@H]2C[C@H]1N(C(=O)OC(C)(C)C)C2. The molecule has 7 fully saturated rings. The van der Waals surface area contributed by atoms with Crippen LogP contribution in [0.5, 0.6) is 0 Å². The van der Waals surface area contributed by atoms with Crippen molar-refractivity contribution < 1.29 is 18.7 Å². The zero-order valence-corrected chi connectivity index (χ0v) is 31.8. The second-order valence-electron chi connectivity index (χ2n) is 17.5. The first-order valence-corrected chi connectivity index (χ1v) is 19.9. The molecule has 3 saturated heterocycles. The normalized spacial score (nSPS) is 29.5. The molecule has 0 spiro atoms. The van der Waals surface area contributed by atoms with Crippen LogP contribution in [0.3, 0.4) is 0 Å². The zero-order valence-electron chi connectivity index (χ0n) is 30.3. The first-order chi connectivity index (χ1) is 25.4. The minimum absolute atomic E-state index is 0.0697. The quantitative estimate of drug-likeness (QED) is 0.196. The highest BCUT2D eigenvalue weighted by molar-refractivity contribution is 6.43. The van der Waals surface area contributed by atoms with E-state index in [0.717, 1.165) is 42.3 Å². The maximum atomic E-state index is 17.4. The maximum absolute atomic E-state index is 17.4. The number of nitriles is 1. The number of halogens is 3. The number of carbonyl (C=O) groups excluding carboxylic acids is 2. The molecule has 8 nitrogen and oxygen atoms in total. The predicted molar refractivity (Wildman–Crippen MR) is 201 cm³/mol. The zero-order chi connectivity index (χ0) is 36.8. The van der Waals surface area contributed by atoms with Crippen LogP contribution in [0.4, 0.5) is 9.18 Å². The van der Waals surface area contributed by atoms with Crippen molar-refractivity contribution in [2.24, 2.45) is 29.6 Å². The standard InChI is InChI=1S/C42H42Cl2FN5O3/c1-19-24-16-32(39-27-17-30(26-15-25(26)27)50(39)40(51)20-10-11-20)49(37-22-14-31(37)48(18-22)41(52)53-42(2,3)4)38(24)28-13-21(7-6-12-46)33(35(45)36(28)47-19)23-8-5-9-29(43)34(23)44/h5,8-9,13,16,20,22,25-27,30-31,37,39H,6-7,10-11,14-15,17-18H2,1-4H3/t22-,25+,26-,27+,30-,31-,37+,39-/m1/s1. The maximum Gasteiger partial charge on any atom is 0.410 e. The number of likely N-dealkylation sites (tertiary alicyclic amines) is 1. The number of benzene rings is 2. The van der Waals surface area contributed by atoms with E-state index in [9.17, 15) is 14.9 Å². The number of fused-ring (bicyclic) bond motifs is 9. The Morgan fingerprint density at radius 2 is 1.85 bits per heavy atom. The Balaban J connectivity index is 1.22. The van der Waals surface area contributed by atoms with Crippen LogP contribution in [-0.4, -0.2) is 55.6 Å². The van der Waals surface area contributed by atoms with Gasteiger partial charge in [-0.25, -0.2) is 14.2 Å². The lowest BCUT2D eigenvalue weighted by atomic mass is 9.79. The third kappa shape index (κ3) is 4.93. The fraction of sp³-hybridized carbons (Fsp3) is 0.524. The van der Waals surface area contributed by atoms with Gasteiger partial charge < -0.3 is 19.1 Å². The molecule has 4 aliphatic carbocycles. The average molecular weight is 755 g/mol. The van der Waals surface area contributed by atoms with Crippen LogP contribution in [0.1, 0.15) is 88.3 Å². The molecule has 5 heterocycles. The Hall–Kier alpha value is -3.87. The van der Waals surface area contributed by atoms with E-state index in [1.54, 1.807) is 18.2 Å². The minimum atomic E-state index is -0.627. The summed E-state index contributed by atoms with van der Waals surface area (Å²) in [4.78, 5) is 36.9. The van der Waals surface area contributed by atoms with E-state index in [1.165, 1.54) is 6.42 Å². The molecule has 4 bridgehead atoms. The highest BCUT2D eigenvalue weighted by Gasteiger charge is 2.67. The highest BCUT2D eigenvalue weighted by Crippen LogP contribution is 2.68. The second kappa shape index (κ2) is 11.6. The summed E-state index contributed by atoms with van der Waals surface area (Å²) in [7, 11) is 0. The summed E-state index contributed by atoms with van der Waals surface area (Å²) < 4.78 is 25.7. The van der Waals surface area contributed by atoms with E-state index in [0.29, 0.717) is 63.5 Å². The Morgan fingerprint density at radius 3 is 2.58 bits per heavy atom. The number of hydrogen-bond donors (Lipinski definition) is 0. The Morgan fingerprint density at radius 1 is 1.06 bits per heavy atom. The molecule has 0 radical (unpaired) electrons. The molecule has 3 aliphatic heterocycles. The van der Waals surface area contributed by atoms with Crippen LogP contribution in [0.2, 0.25) is 10.0 Å². The van der Waals surface area contributed by atoms with Crippen LogP contribution < -0.4 is 0 Å². The van der Waals surface area contributed by atoms with Gasteiger partial charge in [-0.2, -0.15) is 5.26 Å². The van der Waals surface area contributed by atoms with Crippen molar-refractivity contribution in [3.05, 3.63) is 63.1 Å². The summed E-state index contributed by atoms with van der Waals surface area (Å²) in [6, 6.07) is 11.7. The molecule has 11 heteroatoms. The van der Waals surface area contributed by atoms with E-state index >= 15 is 4.39 Å². The molecule has 53 heavy (non-hydrogen) atoms. The van der Waals surface area contributed by atoms with E-state index in [1.807, 2.05) is 38.7 Å². The second-order valence-corrected chi connectivity index (χ2v) is 18.2. The number of pyridine rings is 1. The summed E-state index contributed by atoms with van der Waals surface area (Å²) >= 11 is 13.2. The smallest absolute Gasteiger partial charge is 0.410 e. The van der Waals surface area contributed by atoms with Crippen molar-refractivity contribution >= 4 is 57.0 Å². The van der Waals surface area contributed by atoms with Crippen LogP contribution in [-0.2, 0) is 16.0 Å². The molecule has 8 atom stereocenters. The topological polar surface area (TPSA) is 91.5 Å². The summed E-state index contributed by atoms with van der Waals surface area (Å²) in [6.45, 7) is 8.17. The number of nitrogens with zero attached hydrogens (tertiary/aromatic N) is 5. The molecular weight excluding hydrogens is 712 g/mol. The molecule has 2 amide bonds. The first-order valence-electron chi connectivity index (χ1n) is 19.2. The number of rotatable bonds is 6. The Bertz CT molecular complexity index is 2320. The molecule has 4 aromatic rings. The Labute approximate surface area is 318 Å². The van der Waals surface area contributed by atoms with Crippen molar-refractivity contribution in [2.75, 3.05) is 6.54 Å². The van der Waals surface area contributed by atoms with Gasteiger partial charge in [-0.1, -0.05) is 35.3 Å². The third-order valence-electron chi connectivity index (χ3n) is 13.2. The van der Waals surface area contributed by atoms with Gasteiger partial charge in [0.25, 0.3) is 0 Å². The van der Waals surface area contributed by atoms with E-state index < -0.39 is 11.4 Å². The van der Waals surface area contributed by atoms with Gasteiger partial charge in [0.2, 0.25) is 5.91 Å². The summed E-state index contributed by atoms with van der Waals surface area (Å²) in [6.07, 6.45) is 5.14. The molecule has 4 saturated carbocycles. The fourth-order valence-electron chi connectivity index (χ4n) is 10.8. The van der Waals surface area contributed by atoms with E-state index in [-0.39, 0.29) is 65.0 Å². The molecule has 11 rings (SSSR count). The van der Waals surface area contributed by atoms with Gasteiger partial charge in [-0.05, 0) is 108 Å². The molecule has 0 N–H and O–H groups in total. The number of piperidine rings is 1. The number of aryl methyl sites for hydroxylation is 2. The van der Waals surface area contributed by atoms with Crippen molar-refractivity contribution in [1.29, 1.82) is 5.26 Å². The Kier molecular flexibility index (Phi) is 7.35. The molecule has 0 unspecified atom stereocenters. The van der Waals surface area contributed by atoms with Crippen molar-refractivity contribution in [3.63, 3.8) is 0 Å². The highest BCUT2D eigenvalue weighted by atomic mass is 35.5. The lowest BCUT2D eigenvalue weighted by molar-refractivity contribution is -0.137. The largest absolute Gasteiger partial charge is 0.444 e. The van der Waals surface area contributed by atoms with Gasteiger partial charge in [0.15, 0.2) is 5.82 Å². The lowest BCUT2D eigenvalue weighted by Crippen LogP contribution is -2.46. The van der Waals surface area contributed by atoms with Crippen molar-refractivity contribution in [1.82, 2.24) is 19.4 Å². The minimum Gasteiger partial charge on any atom is -0.444 e. The van der Waals surface area contributed by atoms with Crippen LogP contribution in [0.15, 0.2) is 30.3 Å². The van der Waals surface area contributed by atoms with Crippen LogP contribution >= 0.6 is 23.2 Å². The molecule has 274 valence electrons. The number of aromatic nitrogens is 2. The van der Waals surface area contributed by atoms with Crippen LogP contribution in [0.25, 0.3) is 32.9 Å². The average Bonchev–Trinajstić information content (AvgIpc) is 3.88. The predicted octanol–water partition coefficient (Wildman–Crippen LogP) is 9.57. The van der Waals surface area contributed by atoms with Crippen molar-refractivity contribution in [3.8, 4) is 17.2 Å². The number of amides is 2. The van der Waals surface area contributed by atoms with Gasteiger partial charge in [0.05, 0.1) is 39.8 Å². The number of hydrogen-bond acceptors (Lipinski definition) is 5. The monoisotopic (exact) mass is 753 g/mol. The van der Waals surface area contributed by atoms with E-state index in [2.05, 4.69) is 21.6 Å². The van der Waals surface area contributed by atoms with Gasteiger partial charge >= 0.3 is 6.09 Å². The van der Waals surface area contributed by atoms with E-state index in [4.69, 9.17) is 32.9 Å². The summed E-state index contributed by atoms with van der Waals surface area (Å²) in [5, 5.41) is 11.8. The van der Waals surface area contributed by atoms with Gasteiger partial charge in [0, 0.05) is 64.1 Å². The van der Waals surface area contributed by atoms with Gasteiger partial charge in [-0.15, -0.1) is 0 Å².